The van der Waals surface area contributed by atoms with Crippen LogP contribution >= 0.6 is 0 Å². The summed E-state index contributed by atoms with van der Waals surface area (Å²) in [7, 11) is 0. The molecular formula is C47H93NO5. The molecule has 316 valence electrons. The van der Waals surface area contributed by atoms with E-state index >= 15 is 0 Å². The highest BCUT2D eigenvalue weighted by molar-refractivity contribution is 5.80. The normalized spacial score (nSPS) is 14.2. The van der Waals surface area contributed by atoms with E-state index in [1.54, 1.807) is 0 Å². The lowest BCUT2D eigenvalue weighted by Crippen LogP contribution is -2.53. The molecule has 0 spiro atoms. The van der Waals surface area contributed by atoms with E-state index in [0.717, 1.165) is 44.9 Å². The molecule has 0 aromatic carbocycles. The van der Waals surface area contributed by atoms with Crippen molar-refractivity contribution >= 4 is 5.91 Å². The molecule has 4 atom stereocenters. The van der Waals surface area contributed by atoms with Crippen LogP contribution in [0.25, 0.3) is 0 Å². The molecule has 0 aromatic heterocycles. The minimum Gasteiger partial charge on any atom is -0.394 e. The highest BCUT2D eigenvalue weighted by Crippen LogP contribution is 2.17. The lowest BCUT2D eigenvalue weighted by atomic mass is 9.99. The zero-order valence-electron chi connectivity index (χ0n) is 35.5. The van der Waals surface area contributed by atoms with Crippen LogP contribution in [0.1, 0.15) is 251 Å². The van der Waals surface area contributed by atoms with Crippen LogP contribution in [0.5, 0.6) is 0 Å². The smallest absolute Gasteiger partial charge is 0.249 e. The Bertz CT molecular complexity index is 761. The molecule has 0 saturated heterocycles. The topological polar surface area (TPSA) is 110 Å². The third-order valence-corrected chi connectivity index (χ3v) is 11.2. The average molecular weight is 752 g/mol. The molecule has 1 amide bonds. The number of carbonyl (C=O) groups excluding carboxylic acids is 1. The van der Waals surface area contributed by atoms with Gasteiger partial charge in [-0.15, -0.1) is 0 Å². The highest BCUT2D eigenvalue weighted by Gasteiger charge is 2.28. The third-order valence-electron chi connectivity index (χ3n) is 11.2. The Hall–Kier alpha value is -0.950. The van der Waals surface area contributed by atoms with Crippen molar-refractivity contribution in [1.82, 2.24) is 5.32 Å². The third kappa shape index (κ3) is 36.4. The number of hydrogen-bond donors (Lipinski definition) is 5. The van der Waals surface area contributed by atoms with Crippen LogP contribution in [0.2, 0.25) is 0 Å². The standard InChI is InChI=1S/C47H93NO5/c1-3-5-7-9-11-13-15-17-19-21-22-23-24-25-27-28-30-32-34-36-38-40-44(50)46(52)43(42-49)48-47(53)45(51)41-39-37-35-33-31-29-26-20-18-16-14-12-10-8-6-4-2/h18,20,43-46,49-52H,3-17,19,21-42H2,1-2H3,(H,48,53)/b20-18-. The minimum absolute atomic E-state index is 0.364. The number of aliphatic hydroxyl groups is 4. The summed E-state index contributed by atoms with van der Waals surface area (Å²) < 4.78 is 0. The predicted octanol–water partition coefficient (Wildman–Crippen LogP) is 12.6. The van der Waals surface area contributed by atoms with Gasteiger partial charge >= 0.3 is 0 Å². The van der Waals surface area contributed by atoms with Gasteiger partial charge in [0.15, 0.2) is 0 Å². The number of unbranched alkanes of at least 4 members (excludes halogenated alkanes) is 32. The van der Waals surface area contributed by atoms with Crippen molar-refractivity contribution in [3.8, 4) is 0 Å². The van der Waals surface area contributed by atoms with Gasteiger partial charge < -0.3 is 25.7 Å². The molecule has 0 saturated carbocycles. The zero-order valence-corrected chi connectivity index (χ0v) is 35.5. The van der Waals surface area contributed by atoms with Crippen LogP contribution < -0.4 is 5.32 Å². The molecule has 0 bridgehead atoms. The van der Waals surface area contributed by atoms with E-state index in [0.29, 0.717) is 12.8 Å². The van der Waals surface area contributed by atoms with Gasteiger partial charge in [0, 0.05) is 0 Å². The average Bonchev–Trinajstić information content (AvgIpc) is 3.16. The van der Waals surface area contributed by atoms with Gasteiger partial charge in [-0.05, 0) is 38.5 Å². The lowest BCUT2D eigenvalue weighted by molar-refractivity contribution is -0.132. The number of allylic oxidation sites excluding steroid dienone is 2. The Morgan fingerprint density at radius 2 is 0.755 bits per heavy atom. The summed E-state index contributed by atoms with van der Waals surface area (Å²) in [6.07, 6.45) is 46.7. The maximum absolute atomic E-state index is 12.5. The summed E-state index contributed by atoms with van der Waals surface area (Å²) >= 11 is 0. The lowest BCUT2D eigenvalue weighted by Gasteiger charge is -2.27. The molecule has 53 heavy (non-hydrogen) atoms. The van der Waals surface area contributed by atoms with Crippen molar-refractivity contribution in [3.05, 3.63) is 12.2 Å². The Kier molecular flexibility index (Phi) is 41.4. The molecule has 6 nitrogen and oxygen atoms in total. The molecule has 0 aromatic rings. The van der Waals surface area contributed by atoms with Gasteiger partial charge in [0.1, 0.15) is 12.2 Å². The van der Waals surface area contributed by atoms with Crippen LogP contribution in [0.3, 0.4) is 0 Å². The Labute approximate surface area is 330 Å². The van der Waals surface area contributed by atoms with Gasteiger partial charge in [-0.3, -0.25) is 4.79 Å². The van der Waals surface area contributed by atoms with Crippen molar-refractivity contribution < 1.29 is 25.2 Å². The van der Waals surface area contributed by atoms with Crippen LogP contribution in [-0.2, 0) is 4.79 Å². The summed E-state index contributed by atoms with van der Waals surface area (Å²) in [4.78, 5) is 12.5. The van der Waals surface area contributed by atoms with E-state index in [1.165, 1.54) is 180 Å². The number of nitrogens with one attached hydrogen (secondary N) is 1. The fraction of sp³-hybridized carbons (Fsp3) is 0.936. The summed E-state index contributed by atoms with van der Waals surface area (Å²) in [5.74, 6) is -0.586. The Morgan fingerprint density at radius 1 is 0.453 bits per heavy atom. The highest BCUT2D eigenvalue weighted by atomic mass is 16.3. The van der Waals surface area contributed by atoms with Crippen LogP contribution in [0, 0.1) is 0 Å². The van der Waals surface area contributed by atoms with Crippen molar-refractivity contribution in [2.45, 2.75) is 276 Å². The SMILES string of the molecule is CCCCCCCC/C=C\CCCCCCCCC(O)C(=O)NC(CO)C(O)C(O)CCCCCCCCCCCCCCCCCCCCCCC. The molecular weight excluding hydrogens is 659 g/mol. The van der Waals surface area contributed by atoms with Crippen molar-refractivity contribution in [1.29, 1.82) is 0 Å². The summed E-state index contributed by atoms with van der Waals surface area (Å²) in [6, 6.07) is -0.984. The Balaban J connectivity index is 3.69. The number of amides is 1. The maximum Gasteiger partial charge on any atom is 0.249 e. The first kappa shape index (κ1) is 52.0. The molecule has 6 heteroatoms. The van der Waals surface area contributed by atoms with Crippen LogP contribution in [-0.4, -0.2) is 57.3 Å². The maximum atomic E-state index is 12.5. The zero-order chi connectivity index (χ0) is 38.9. The second kappa shape index (κ2) is 42.2. The number of carbonyl (C=O) groups is 1. The van der Waals surface area contributed by atoms with Crippen molar-refractivity contribution in [3.63, 3.8) is 0 Å². The summed E-state index contributed by atoms with van der Waals surface area (Å²) in [5.41, 5.74) is 0. The molecule has 0 aliphatic heterocycles. The molecule has 0 aliphatic rings. The fourth-order valence-corrected chi connectivity index (χ4v) is 7.46. The van der Waals surface area contributed by atoms with Gasteiger partial charge in [-0.25, -0.2) is 0 Å². The number of rotatable bonds is 43. The Morgan fingerprint density at radius 3 is 1.09 bits per heavy atom. The van der Waals surface area contributed by atoms with E-state index in [2.05, 4.69) is 31.3 Å². The van der Waals surface area contributed by atoms with E-state index in [9.17, 15) is 25.2 Å². The largest absolute Gasteiger partial charge is 0.394 e. The first-order valence-electron chi connectivity index (χ1n) is 23.6. The second-order valence-electron chi connectivity index (χ2n) is 16.5. The van der Waals surface area contributed by atoms with Gasteiger partial charge in [0.05, 0.1) is 18.8 Å². The second-order valence-corrected chi connectivity index (χ2v) is 16.5. The van der Waals surface area contributed by atoms with Gasteiger partial charge in [0.2, 0.25) is 5.91 Å². The van der Waals surface area contributed by atoms with E-state index in [4.69, 9.17) is 0 Å². The van der Waals surface area contributed by atoms with Gasteiger partial charge in [0.25, 0.3) is 0 Å². The summed E-state index contributed by atoms with van der Waals surface area (Å²) in [6.45, 7) is 4.06. The monoisotopic (exact) mass is 752 g/mol. The first-order chi connectivity index (χ1) is 26.0. The van der Waals surface area contributed by atoms with Crippen LogP contribution in [0.4, 0.5) is 0 Å². The molecule has 4 unspecified atom stereocenters. The van der Waals surface area contributed by atoms with E-state index in [-0.39, 0.29) is 0 Å². The van der Waals surface area contributed by atoms with Crippen LogP contribution in [0.15, 0.2) is 12.2 Å². The molecule has 0 fully saturated rings. The molecule has 0 heterocycles. The molecule has 0 aliphatic carbocycles. The number of aliphatic hydroxyl groups excluding tert-OH is 4. The van der Waals surface area contributed by atoms with E-state index in [1.807, 2.05) is 0 Å². The minimum atomic E-state index is -1.26. The summed E-state index contributed by atoms with van der Waals surface area (Å²) in [5, 5.41) is 43.8. The number of hydrogen-bond acceptors (Lipinski definition) is 5. The van der Waals surface area contributed by atoms with Gasteiger partial charge in [-0.2, -0.15) is 0 Å². The predicted molar refractivity (Wildman–Crippen MR) is 228 cm³/mol. The van der Waals surface area contributed by atoms with E-state index < -0.39 is 36.9 Å². The molecule has 0 rings (SSSR count). The fourth-order valence-electron chi connectivity index (χ4n) is 7.46. The van der Waals surface area contributed by atoms with Crippen molar-refractivity contribution in [2.75, 3.05) is 6.61 Å². The quantitative estimate of drug-likeness (QED) is 0.0315. The molecule has 0 radical (unpaired) electrons. The van der Waals surface area contributed by atoms with Gasteiger partial charge in [-0.1, -0.05) is 225 Å². The van der Waals surface area contributed by atoms with Crippen molar-refractivity contribution in [2.24, 2.45) is 0 Å². The molecule has 5 N–H and O–H groups in total. The first-order valence-corrected chi connectivity index (χ1v) is 23.6.